The standard InChI is InChI=1S/C12H15Br2NO3S/c1-2-10-8-18-6-5-15(10)19(16,17)12-4-3-9(13)7-11(12)14/h3-4,7,10H,2,5-6,8H2,1H3. The highest BCUT2D eigenvalue weighted by Crippen LogP contribution is 2.30. The second kappa shape index (κ2) is 6.22. The smallest absolute Gasteiger partial charge is 0.244 e. The monoisotopic (exact) mass is 411 g/mol. The molecular weight excluding hydrogens is 398 g/mol. The van der Waals surface area contributed by atoms with Crippen LogP contribution in [0.1, 0.15) is 13.3 Å². The lowest BCUT2D eigenvalue weighted by molar-refractivity contribution is 0.0314. The van der Waals surface area contributed by atoms with Gasteiger partial charge in [-0.3, -0.25) is 0 Å². The van der Waals surface area contributed by atoms with E-state index in [0.717, 1.165) is 10.9 Å². The molecule has 1 aliphatic heterocycles. The van der Waals surface area contributed by atoms with Gasteiger partial charge in [0.05, 0.1) is 18.1 Å². The number of hydrogen-bond acceptors (Lipinski definition) is 3. The Morgan fingerprint density at radius 1 is 1.42 bits per heavy atom. The Morgan fingerprint density at radius 2 is 2.16 bits per heavy atom. The summed E-state index contributed by atoms with van der Waals surface area (Å²) in [4.78, 5) is 0.302. The van der Waals surface area contributed by atoms with Gasteiger partial charge in [0.15, 0.2) is 0 Å². The van der Waals surface area contributed by atoms with Crippen LogP contribution < -0.4 is 0 Å². The van der Waals surface area contributed by atoms with Gasteiger partial charge in [-0.05, 0) is 40.5 Å². The van der Waals surface area contributed by atoms with Gasteiger partial charge in [0, 0.05) is 21.5 Å². The normalized spacial score (nSPS) is 21.5. The molecule has 0 bridgehead atoms. The quantitative estimate of drug-likeness (QED) is 0.766. The van der Waals surface area contributed by atoms with E-state index >= 15 is 0 Å². The summed E-state index contributed by atoms with van der Waals surface area (Å²) in [5.74, 6) is 0. The molecule has 1 aliphatic rings. The van der Waals surface area contributed by atoms with E-state index in [0.29, 0.717) is 29.1 Å². The number of morpholine rings is 1. The first-order chi connectivity index (χ1) is 8.96. The van der Waals surface area contributed by atoms with Crippen LogP contribution in [-0.2, 0) is 14.8 Å². The Balaban J connectivity index is 2.40. The average molecular weight is 413 g/mol. The highest BCUT2D eigenvalue weighted by molar-refractivity contribution is 9.11. The van der Waals surface area contributed by atoms with Gasteiger partial charge in [0.25, 0.3) is 0 Å². The molecule has 1 aromatic rings. The predicted octanol–water partition coefficient (Wildman–Crippen LogP) is 3.01. The molecule has 0 spiro atoms. The molecule has 1 fully saturated rings. The second-order valence-corrected chi connectivity index (χ2v) is 7.96. The molecule has 0 radical (unpaired) electrons. The van der Waals surface area contributed by atoms with Crippen molar-refractivity contribution in [3.63, 3.8) is 0 Å². The lowest BCUT2D eigenvalue weighted by Crippen LogP contribution is -2.48. The highest BCUT2D eigenvalue weighted by Gasteiger charge is 2.34. The maximum Gasteiger partial charge on any atom is 0.244 e. The fourth-order valence-corrected chi connectivity index (χ4v) is 5.46. The number of benzene rings is 1. The molecule has 0 amide bonds. The molecular formula is C12H15Br2NO3S. The molecule has 1 atom stereocenters. The molecule has 1 heterocycles. The van der Waals surface area contributed by atoms with Crippen molar-refractivity contribution in [3.05, 3.63) is 27.1 Å². The van der Waals surface area contributed by atoms with Crippen molar-refractivity contribution in [3.8, 4) is 0 Å². The summed E-state index contributed by atoms with van der Waals surface area (Å²) in [6.07, 6.45) is 0.743. The van der Waals surface area contributed by atoms with Crippen LogP contribution in [-0.4, -0.2) is 38.5 Å². The summed E-state index contributed by atoms with van der Waals surface area (Å²) in [5.41, 5.74) is 0. The van der Waals surface area contributed by atoms with Crippen LogP contribution in [0.5, 0.6) is 0 Å². The Bertz CT molecular complexity index is 562. The molecule has 19 heavy (non-hydrogen) atoms. The van der Waals surface area contributed by atoms with Crippen molar-refractivity contribution in [2.75, 3.05) is 19.8 Å². The Kier molecular flexibility index (Phi) is 5.05. The summed E-state index contributed by atoms with van der Waals surface area (Å²) in [5, 5.41) is 0. The van der Waals surface area contributed by atoms with Gasteiger partial charge < -0.3 is 4.74 Å². The van der Waals surface area contributed by atoms with Crippen LogP contribution in [0.25, 0.3) is 0 Å². The maximum absolute atomic E-state index is 12.7. The van der Waals surface area contributed by atoms with Crippen molar-refractivity contribution in [1.82, 2.24) is 4.31 Å². The molecule has 106 valence electrons. The van der Waals surface area contributed by atoms with Crippen LogP contribution in [0.15, 0.2) is 32.0 Å². The SMILES string of the molecule is CCC1COCCN1S(=O)(=O)c1ccc(Br)cc1Br. The Morgan fingerprint density at radius 3 is 2.79 bits per heavy atom. The van der Waals surface area contributed by atoms with Crippen molar-refractivity contribution >= 4 is 41.9 Å². The Labute approximate surface area is 130 Å². The van der Waals surface area contributed by atoms with Crippen molar-refractivity contribution in [1.29, 1.82) is 0 Å². The molecule has 0 aromatic heterocycles. The number of halogens is 2. The summed E-state index contributed by atoms with van der Waals surface area (Å²) in [6, 6.07) is 5.01. The van der Waals surface area contributed by atoms with Crippen LogP contribution in [0.2, 0.25) is 0 Å². The van der Waals surface area contributed by atoms with Gasteiger partial charge in [0.2, 0.25) is 10.0 Å². The van der Waals surface area contributed by atoms with E-state index < -0.39 is 10.0 Å². The summed E-state index contributed by atoms with van der Waals surface area (Å²) in [7, 11) is -3.49. The minimum absolute atomic E-state index is 0.0886. The van der Waals surface area contributed by atoms with Gasteiger partial charge in [-0.1, -0.05) is 22.9 Å². The third-order valence-electron chi connectivity index (χ3n) is 3.13. The van der Waals surface area contributed by atoms with Gasteiger partial charge >= 0.3 is 0 Å². The van der Waals surface area contributed by atoms with Crippen LogP contribution in [0, 0.1) is 0 Å². The number of hydrogen-bond donors (Lipinski definition) is 0. The lowest BCUT2D eigenvalue weighted by Gasteiger charge is -2.34. The lowest BCUT2D eigenvalue weighted by atomic mass is 10.2. The van der Waals surface area contributed by atoms with Gasteiger partial charge in [-0.15, -0.1) is 0 Å². The van der Waals surface area contributed by atoms with E-state index in [-0.39, 0.29) is 6.04 Å². The fourth-order valence-electron chi connectivity index (χ4n) is 2.09. The van der Waals surface area contributed by atoms with Crippen LogP contribution in [0.3, 0.4) is 0 Å². The largest absolute Gasteiger partial charge is 0.378 e. The van der Waals surface area contributed by atoms with E-state index in [1.807, 2.05) is 6.92 Å². The molecule has 1 unspecified atom stereocenters. The zero-order chi connectivity index (χ0) is 14.0. The maximum atomic E-state index is 12.7. The number of nitrogens with zero attached hydrogens (tertiary/aromatic N) is 1. The molecule has 0 aliphatic carbocycles. The van der Waals surface area contributed by atoms with E-state index in [1.165, 1.54) is 0 Å². The van der Waals surface area contributed by atoms with E-state index in [4.69, 9.17) is 4.74 Å². The van der Waals surface area contributed by atoms with Gasteiger partial charge in [-0.2, -0.15) is 4.31 Å². The van der Waals surface area contributed by atoms with Gasteiger partial charge in [0.1, 0.15) is 0 Å². The van der Waals surface area contributed by atoms with E-state index in [9.17, 15) is 8.42 Å². The van der Waals surface area contributed by atoms with Gasteiger partial charge in [-0.25, -0.2) is 8.42 Å². The fraction of sp³-hybridized carbons (Fsp3) is 0.500. The van der Waals surface area contributed by atoms with Crippen molar-refractivity contribution in [2.24, 2.45) is 0 Å². The second-order valence-electron chi connectivity index (χ2n) is 4.33. The van der Waals surface area contributed by atoms with E-state index in [2.05, 4.69) is 31.9 Å². The topological polar surface area (TPSA) is 46.6 Å². The zero-order valence-corrected chi connectivity index (χ0v) is 14.5. The molecule has 2 rings (SSSR count). The average Bonchev–Trinajstić information content (AvgIpc) is 2.38. The minimum atomic E-state index is -3.49. The van der Waals surface area contributed by atoms with Crippen LogP contribution >= 0.6 is 31.9 Å². The summed E-state index contributed by atoms with van der Waals surface area (Å²) in [6.45, 7) is 3.29. The molecule has 7 heteroatoms. The summed E-state index contributed by atoms with van der Waals surface area (Å²) >= 11 is 6.65. The number of ether oxygens (including phenoxy) is 1. The van der Waals surface area contributed by atoms with Crippen molar-refractivity contribution in [2.45, 2.75) is 24.3 Å². The molecule has 1 saturated heterocycles. The third kappa shape index (κ3) is 3.21. The zero-order valence-electron chi connectivity index (χ0n) is 10.5. The van der Waals surface area contributed by atoms with Crippen molar-refractivity contribution < 1.29 is 13.2 Å². The van der Waals surface area contributed by atoms with Crippen LogP contribution in [0.4, 0.5) is 0 Å². The molecule has 0 saturated carbocycles. The summed E-state index contributed by atoms with van der Waals surface area (Å²) < 4.78 is 33.7. The van der Waals surface area contributed by atoms with E-state index in [1.54, 1.807) is 22.5 Å². The minimum Gasteiger partial charge on any atom is -0.378 e. The Hall–Kier alpha value is 0.0500. The third-order valence-corrected chi connectivity index (χ3v) is 6.55. The number of rotatable bonds is 3. The first kappa shape index (κ1) is 15.4. The highest BCUT2D eigenvalue weighted by atomic mass is 79.9. The molecule has 1 aromatic carbocycles. The number of sulfonamides is 1. The molecule has 4 nitrogen and oxygen atoms in total. The first-order valence-corrected chi connectivity index (χ1v) is 9.04. The molecule has 0 N–H and O–H groups in total. The predicted molar refractivity (Wildman–Crippen MR) is 80.6 cm³/mol. The first-order valence-electron chi connectivity index (χ1n) is 6.01.